The minimum Gasteiger partial charge on any atom is -0.352 e. The molecule has 9 heteroatoms. The summed E-state index contributed by atoms with van der Waals surface area (Å²) in [6, 6.07) is 12.8. The monoisotopic (exact) mass is 592 g/mol. The van der Waals surface area contributed by atoms with Crippen LogP contribution in [-0.2, 0) is 21.4 Å². The number of sulfonamides is 1. The molecule has 3 rings (SSSR count). The van der Waals surface area contributed by atoms with Crippen LogP contribution in [0.25, 0.3) is 0 Å². The molecule has 0 atom stereocenters. The van der Waals surface area contributed by atoms with Gasteiger partial charge >= 0.3 is 0 Å². The Morgan fingerprint density at radius 2 is 1.54 bits per heavy atom. The molecule has 0 spiro atoms. The van der Waals surface area contributed by atoms with E-state index in [0.717, 1.165) is 10.0 Å². The molecule has 0 bridgehead atoms. The number of carbonyl (C=O) groups is 1. The van der Waals surface area contributed by atoms with Gasteiger partial charge in [0.15, 0.2) is 0 Å². The van der Waals surface area contributed by atoms with Crippen LogP contribution in [0.1, 0.15) is 18.4 Å². The molecule has 0 aliphatic carbocycles. The van der Waals surface area contributed by atoms with Crippen molar-refractivity contribution in [1.82, 2.24) is 9.62 Å². The Kier molecular flexibility index (Phi) is 7.36. The molecule has 1 heterocycles. The number of amides is 1. The van der Waals surface area contributed by atoms with Gasteiger partial charge in [0, 0.05) is 39.0 Å². The maximum absolute atomic E-state index is 12.9. The normalized spacial score (nSPS) is 16.1. The van der Waals surface area contributed by atoms with Crippen molar-refractivity contribution < 1.29 is 13.2 Å². The zero-order chi connectivity index (χ0) is 20.3. The first-order valence-corrected chi connectivity index (χ1v) is 12.6. The summed E-state index contributed by atoms with van der Waals surface area (Å²) in [7, 11) is -3.58. The van der Waals surface area contributed by atoms with E-state index in [-0.39, 0.29) is 16.7 Å². The number of hydrogen-bond acceptors (Lipinski definition) is 3. The summed E-state index contributed by atoms with van der Waals surface area (Å²) < 4.78 is 29.6. The molecule has 5 nitrogen and oxygen atoms in total. The zero-order valence-electron chi connectivity index (χ0n) is 14.9. The van der Waals surface area contributed by atoms with E-state index in [1.54, 1.807) is 18.2 Å². The van der Waals surface area contributed by atoms with Crippen molar-refractivity contribution in [1.29, 1.82) is 0 Å². The van der Waals surface area contributed by atoms with E-state index in [9.17, 15) is 13.2 Å². The van der Waals surface area contributed by atoms with Crippen molar-refractivity contribution in [3.63, 3.8) is 0 Å². The molecular formula is C19H19Br3N2O3S. The highest BCUT2D eigenvalue weighted by Gasteiger charge is 2.32. The molecule has 1 N–H and O–H groups in total. The number of carbonyl (C=O) groups excluding carboxylic acids is 1. The first-order valence-electron chi connectivity index (χ1n) is 8.74. The zero-order valence-corrected chi connectivity index (χ0v) is 20.4. The van der Waals surface area contributed by atoms with E-state index < -0.39 is 10.0 Å². The summed E-state index contributed by atoms with van der Waals surface area (Å²) in [6.45, 7) is 1.14. The fraction of sp³-hybridized carbons (Fsp3) is 0.316. The van der Waals surface area contributed by atoms with E-state index in [1.165, 1.54) is 4.31 Å². The van der Waals surface area contributed by atoms with E-state index in [2.05, 4.69) is 53.1 Å². The number of hydrogen-bond donors (Lipinski definition) is 1. The Morgan fingerprint density at radius 1 is 0.964 bits per heavy atom. The molecule has 0 aromatic heterocycles. The molecule has 1 aliphatic rings. The molecule has 1 aliphatic heterocycles. The largest absolute Gasteiger partial charge is 0.352 e. The van der Waals surface area contributed by atoms with Crippen molar-refractivity contribution in [3.8, 4) is 0 Å². The predicted molar refractivity (Wildman–Crippen MR) is 119 cm³/mol. The molecular weight excluding hydrogens is 576 g/mol. The van der Waals surface area contributed by atoms with Crippen molar-refractivity contribution in [2.24, 2.45) is 5.92 Å². The van der Waals surface area contributed by atoms with Crippen LogP contribution in [0.2, 0.25) is 0 Å². The number of piperidine rings is 1. The maximum Gasteiger partial charge on any atom is 0.243 e. The molecule has 1 saturated heterocycles. The number of nitrogens with one attached hydrogen (secondary N) is 1. The van der Waals surface area contributed by atoms with Crippen LogP contribution in [0.15, 0.2) is 60.8 Å². The Morgan fingerprint density at radius 3 is 2.11 bits per heavy atom. The topological polar surface area (TPSA) is 66.5 Å². The second kappa shape index (κ2) is 9.38. The number of benzene rings is 2. The lowest BCUT2D eigenvalue weighted by atomic mass is 9.97. The third-order valence-corrected chi connectivity index (χ3v) is 8.00. The number of rotatable bonds is 5. The van der Waals surface area contributed by atoms with Gasteiger partial charge in [-0.2, -0.15) is 4.31 Å². The molecule has 150 valence electrons. The van der Waals surface area contributed by atoms with Gasteiger partial charge in [-0.05, 0) is 48.7 Å². The first kappa shape index (κ1) is 22.0. The third-order valence-electron chi connectivity index (χ3n) is 4.68. The van der Waals surface area contributed by atoms with Gasteiger partial charge in [-0.1, -0.05) is 59.9 Å². The van der Waals surface area contributed by atoms with Crippen molar-refractivity contribution in [2.75, 3.05) is 13.1 Å². The summed E-state index contributed by atoms with van der Waals surface area (Å²) in [5.74, 6) is -0.193. The molecule has 1 amide bonds. The van der Waals surface area contributed by atoms with Crippen molar-refractivity contribution >= 4 is 63.7 Å². The average molecular weight is 595 g/mol. The highest BCUT2D eigenvalue weighted by Crippen LogP contribution is 2.28. The number of nitrogens with zero attached hydrogens (tertiary/aromatic N) is 1. The van der Waals surface area contributed by atoms with Gasteiger partial charge in [-0.3, -0.25) is 4.79 Å². The van der Waals surface area contributed by atoms with Crippen LogP contribution in [0.4, 0.5) is 0 Å². The SMILES string of the molecule is O=C(NCc1ccc(Br)cc1)C1CCN(S(=O)(=O)c2cc(Br)cc(Br)c2)CC1. The standard InChI is InChI=1S/C19H19Br3N2O3S/c20-15-3-1-13(2-4-15)12-23-19(25)14-5-7-24(8-6-14)28(26,27)18-10-16(21)9-17(22)11-18/h1-4,9-11,14H,5-8,12H2,(H,23,25). The summed E-state index contributed by atoms with van der Waals surface area (Å²) in [5.41, 5.74) is 1.02. The molecule has 0 radical (unpaired) electrons. The quantitative estimate of drug-likeness (QED) is 0.546. The number of halogens is 3. The highest BCUT2D eigenvalue weighted by atomic mass is 79.9. The van der Waals surface area contributed by atoms with Gasteiger partial charge in [0.2, 0.25) is 15.9 Å². The maximum atomic E-state index is 12.9. The summed E-state index contributed by atoms with van der Waals surface area (Å²) in [6.07, 6.45) is 1.03. The van der Waals surface area contributed by atoms with E-state index in [4.69, 9.17) is 0 Å². The molecule has 28 heavy (non-hydrogen) atoms. The van der Waals surface area contributed by atoms with Gasteiger partial charge in [0.05, 0.1) is 4.90 Å². The van der Waals surface area contributed by atoms with Crippen LogP contribution in [0.3, 0.4) is 0 Å². The molecule has 1 fully saturated rings. The van der Waals surface area contributed by atoms with Gasteiger partial charge in [-0.15, -0.1) is 0 Å². The van der Waals surface area contributed by atoms with Gasteiger partial charge in [0.25, 0.3) is 0 Å². The van der Waals surface area contributed by atoms with E-state index in [1.807, 2.05) is 24.3 Å². The smallest absolute Gasteiger partial charge is 0.243 e. The minimum absolute atomic E-state index is 0.0230. The molecule has 0 unspecified atom stereocenters. The highest BCUT2D eigenvalue weighted by molar-refractivity contribution is 9.11. The second-order valence-electron chi connectivity index (χ2n) is 6.63. The first-order chi connectivity index (χ1) is 13.3. The Balaban J connectivity index is 1.57. The minimum atomic E-state index is -3.58. The lowest BCUT2D eigenvalue weighted by Crippen LogP contribution is -2.42. The Hall–Kier alpha value is -0.740. The van der Waals surface area contributed by atoms with Crippen LogP contribution < -0.4 is 5.32 Å². The molecule has 0 saturated carbocycles. The molecule has 2 aromatic rings. The predicted octanol–water partition coefficient (Wildman–Crippen LogP) is 4.69. The summed E-state index contributed by atoms with van der Waals surface area (Å²) in [5, 5.41) is 2.95. The average Bonchev–Trinajstić information content (AvgIpc) is 2.66. The van der Waals surface area contributed by atoms with Crippen molar-refractivity contribution in [2.45, 2.75) is 24.3 Å². The van der Waals surface area contributed by atoms with Crippen LogP contribution >= 0.6 is 47.8 Å². The van der Waals surface area contributed by atoms with Gasteiger partial charge in [-0.25, -0.2) is 8.42 Å². The van der Waals surface area contributed by atoms with E-state index in [0.29, 0.717) is 41.4 Å². The Bertz CT molecular complexity index is 937. The van der Waals surface area contributed by atoms with Gasteiger partial charge in [0.1, 0.15) is 0 Å². The van der Waals surface area contributed by atoms with E-state index >= 15 is 0 Å². The van der Waals surface area contributed by atoms with Crippen molar-refractivity contribution in [3.05, 3.63) is 61.4 Å². The fourth-order valence-corrected chi connectivity index (χ4v) is 6.52. The molecule has 2 aromatic carbocycles. The lowest BCUT2D eigenvalue weighted by molar-refractivity contribution is -0.126. The summed E-state index contributed by atoms with van der Waals surface area (Å²) >= 11 is 10.0. The lowest BCUT2D eigenvalue weighted by Gasteiger charge is -2.30. The van der Waals surface area contributed by atoms with Gasteiger partial charge < -0.3 is 5.32 Å². The van der Waals surface area contributed by atoms with Crippen LogP contribution in [-0.4, -0.2) is 31.7 Å². The summed E-state index contributed by atoms with van der Waals surface area (Å²) in [4.78, 5) is 12.7. The Labute approximate surface area is 190 Å². The fourth-order valence-electron chi connectivity index (χ4n) is 3.12. The van der Waals surface area contributed by atoms with Crippen LogP contribution in [0.5, 0.6) is 0 Å². The van der Waals surface area contributed by atoms with Crippen LogP contribution in [0, 0.1) is 5.92 Å². The second-order valence-corrected chi connectivity index (χ2v) is 11.3. The third kappa shape index (κ3) is 5.44.